The first-order valence-corrected chi connectivity index (χ1v) is 10.4. The van der Waals surface area contributed by atoms with Crippen molar-refractivity contribution in [1.82, 2.24) is 10.2 Å². The van der Waals surface area contributed by atoms with Crippen molar-refractivity contribution in [2.45, 2.75) is 45.1 Å². The maximum atomic E-state index is 12.3. The van der Waals surface area contributed by atoms with Crippen LogP contribution in [-0.4, -0.2) is 30.4 Å². The minimum atomic E-state index is 0.00688. The molecule has 3 rings (SSSR count). The summed E-state index contributed by atoms with van der Waals surface area (Å²) in [6, 6.07) is 16.0. The fourth-order valence-electron chi connectivity index (χ4n) is 3.56. The molecular formula is C23H29ClN2O. The number of rotatable bonds is 7. The summed E-state index contributed by atoms with van der Waals surface area (Å²) in [5.74, 6) is 0.00688. The number of nitrogens with zero attached hydrogens (tertiary/aromatic N) is 1. The van der Waals surface area contributed by atoms with Gasteiger partial charge in [-0.3, -0.25) is 9.69 Å². The molecule has 3 nitrogen and oxygen atoms in total. The van der Waals surface area contributed by atoms with Crippen LogP contribution >= 0.6 is 11.6 Å². The van der Waals surface area contributed by atoms with Gasteiger partial charge in [0.25, 0.3) is 5.91 Å². The van der Waals surface area contributed by atoms with Crippen molar-refractivity contribution in [3.8, 4) is 0 Å². The maximum absolute atomic E-state index is 12.3. The van der Waals surface area contributed by atoms with Crippen LogP contribution < -0.4 is 5.32 Å². The highest BCUT2D eigenvalue weighted by molar-refractivity contribution is 6.30. The van der Waals surface area contributed by atoms with E-state index in [1.807, 2.05) is 36.4 Å². The monoisotopic (exact) mass is 384 g/mol. The predicted molar refractivity (Wildman–Crippen MR) is 112 cm³/mol. The Hall–Kier alpha value is -1.84. The van der Waals surface area contributed by atoms with Gasteiger partial charge in [-0.15, -0.1) is 0 Å². The summed E-state index contributed by atoms with van der Waals surface area (Å²) in [5, 5.41) is 3.77. The molecular weight excluding hydrogens is 356 g/mol. The number of amides is 1. The second-order valence-electron chi connectivity index (χ2n) is 7.37. The van der Waals surface area contributed by atoms with E-state index in [1.54, 1.807) is 0 Å². The first-order valence-electron chi connectivity index (χ1n) is 10.0. The first kappa shape index (κ1) is 19.9. The maximum Gasteiger partial charge on any atom is 0.251 e. The van der Waals surface area contributed by atoms with E-state index in [1.165, 1.54) is 49.9 Å². The van der Waals surface area contributed by atoms with Gasteiger partial charge in [0.2, 0.25) is 0 Å². The SMILES string of the molecule is O=C(NCCCc1ccc(Cl)cc1)c1ccc(CN2CCCCCC2)cc1. The summed E-state index contributed by atoms with van der Waals surface area (Å²) in [7, 11) is 0. The van der Waals surface area contributed by atoms with Gasteiger partial charge in [0.15, 0.2) is 0 Å². The van der Waals surface area contributed by atoms with Crippen molar-refractivity contribution in [2.75, 3.05) is 19.6 Å². The van der Waals surface area contributed by atoms with Crippen LogP contribution in [0.1, 0.15) is 53.6 Å². The van der Waals surface area contributed by atoms with E-state index in [2.05, 4.69) is 22.3 Å². The standard InChI is InChI=1S/C23H29ClN2O/c24-22-13-9-19(10-14-22)6-5-15-25-23(27)21-11-7-20(8-12-21)18-26-16-3-1-2-4-17-26/h7-14H,1-6,15-18H2,(H,25,27). The van der Waals surface area contributed by atoms with Crippen LogP contribution in [0.4, 0.5) is 0 Å². The number of carbonyl (C=O) groups excluding carboxylic acids is 1. The summed E-state index contributed by atoms with van der Waals surface area (Å²) < 4.78 is 0. The lowest BCUT2D eigenvalue weighted by Crippen LogP contribution is -2.25. The van der Waals surface area contributed by atoms with Gasteiger partial charge in [0, 0.05) is 23.7 Å². The third kappa shape index (κ3) is 6.67. The quantitative estimate of drug-likeness (QED) is 0.675. The van der Waals surface area contributed by atoms with E-state index in [0.29, 0.717) is 6.54 Å². The average Bonchev–Trinajstić information content (AvgIpc) is 2.96. The highest BCUT2D eigenvalue weighted by atomic mass is 35.5. The fraction of sp³-hybridized carbons (Fsp3) is 0.435. The summed E-state index contributed by atoms with van der Waals surface area (Å²) in [5.41, 5.74) is 3.27. The summed E-state index contributed by atoms with van der Waals surface area (Å²) >= 11 is 5.90. The molecule has 4 heteroatoms. The Labute approximate surface area is 167 Å². The van der Waals surface area contributed by atoms with Gasteiger partial charge in [0.1, 0.15) is 0 Å². The Kier molecular flexibility index (Phi) is 7.73. The molecule has 1 aliphatic heterocycles. The van der Waals surface area contributed by atoms with Gasteiger partial charge in [-0.2, -0.15) is 0 Å². The van der Waals surface area contributed by atoms with Crippen LogP contribution in [-0.2, 0) is 13.0 Å². The van der Waals surface area contributed by atoms with Gasteiger partial charge in [-0.1, -0.05) is 48.7 Å². The molecule has 0 saturated carbocycles. The molecule has 0 radical (unpaired) electrons. The minimum absolute atomic E-state index is 0.00688. The molecule has 1 N–H and O–H groups in total. The van der Waals surface area contributed by atoms with E-state index in [0.717, 1.165) is 30.0 Å². The smallest absolute Gasteiger partial charge is 0.251 e. The Bertz CT molecular complexity index is 704. The average molecular weight is 385 g/mol. The van der Waals surface area contributed by atoms with Crippen LogP contribution in [0, 0.1) is 0 Å². The molecule has 0 aliphatic carbocycles. The lowest BCUT2D eigenvalue weighted by Gasteiger charge is -2.19. The molecule has 0 unspecified atom stereocenters. The normalized spacial score (nSPS) is 15.3. The molecule has 27 heavy (non-hydrogen) atoms. The first-order chi connectivity index (χ1) is 13.2. The second-order valence-corrected chi connectivity index (χ2v) is 7.81. The fourth-order valence-corrected chi connectivity index (χ4v) is 3.69. The van der Waals surface area contributed by atoms with E-state index in [4.69, 9.17) is 11.6 Å². The Balaban J connectivity index is 1.41. The summed E-state index contributed by atoms with van der Waals surface area (Å²) in [6.45, 7) is 4.05. The van der Waals surface area contributed by atoms with Crippen LogP contribution in [0.5, 0.6) is 0 Å². The van der Waals surface area contributed by atoms with Crippen LogP contribution in [0.25, 0.3) is 0 Å². The van der Waals surface area contributed by atoms with E-state index in [-0.39, 0.29) is 5.91 Å². The molecule has 0 atom stereocenters. The van der Waals surface area contributed by atoms with Crippen molar-refractivity contribution in [3.05, 3.63) is 70.2 Å². The Morgan fingerprint density at radius 1 is 0.889 bits per heavy atom. The molecule has 1 saturated heterocycles. The number of halogens is 1. The number of hydrogen-bond acceptors (Lipinski definition) is 2. The zero-order valence-corrected chi connectivity index (χ0v) is 16.7. The highest BCUT2D eigenvalue weighted by Crippen LogP contribution is 2.14. The lowest BCUT2D eigenvalue weighted by atomic mass is 10.1. The number of benzene rings is 2. The Morgan fingerprint density at radius 2 is 1.52 bits per heavy atom. The molecule has 1 fully saturated rings. The third-order valence-electron chi connectivity index (χ3n) is 5.16. The lowest BCUT2D eigenvalue weighted by molar-refractivity contribution is 0.0953. The zero-order chi connectivity index (χ0) is 18.9. The van der Waals surface area contributed by atoms with Crippen LogP contribution in [0.3, 0.4) is 0 Å². The van der Waals surface area contributed by atoms with E-state index in [9.17, 15) is 4.79 Å². The number of likely N-dealkylation sites (tertiary alicyclic amines) is 1. The molecule has 2 aromatic carbocycles. The molecule has 1 aliphatic rings. The number of carbonyl (C=O) groups is 1. The van der Waals surface area contributed by atoms with Crippen LogP contribution in [0.15, 0.2) is 48.5 Å². The molecule has 0 spiro atoms. The third-order valence-corrected chi connectivity index (χ3v) is 5.41. The summed E-state index contributed by atoms with van der Waals surface area (Å²) in [6.07, 6.45) is 7.17. The van der Waals surface area contributed by atoms with Crippen molar-refractivity contribution in [1.29, 1.82) is 0 Å². The van der Waals surface area contributed by atoms with Crippen molar-refractivity contribution >= 4 is 17.5 Å². The molecule has 0 aromatic heterocycles. The molecule has 144 valence electrons. The van der Waals surface area contributed by atoms with Gasteiger partial charge < -0.3 is 5.32 Å². The minimum Gasteiger partial charge on any atom is -0.352 e. The number of aryl methyl sites for hydroxylation is 1. The van der Waals surface area contributed by atoms with Crippen molar-refractivity contribution < 1.29 is 4.79 Å². The number of hydrogen-bond donors (Lipinski definition) is 1. The largest absolute Gasteiger partial charge is 0.352 e. The highest BCUT2D eigenvalue weighted by Gasteiger charge is 2.10. The van der Waals surface area contributed by atoms with E-state index < -0.39 is 0 Å². The summed E-state index contributed by atoms with van der Waals surface area (Å²) in [4.78, 5) is 14.8. The van der Waals surface area contributed by atoms with Gasteiger partial charge >= 0.3 is 0 Å². The van der Waals surface area contributed by atoms with Crippen molar-refractivity contribution in [3.63, 3.8) is 0 Å². The zero-order valence-electron chi connectivity index (χ0n) is 15.9. The molecule has 0 bridgehead atoms. The van der Waals surface area contributed by atoms with Gasteiger partial charge in [-0.05, 0) is 74.2 Å². The molecule has 1 amide bonds. The number of nitrogens with one attached hydrogen (secondary N) is 1. The van der Waals surface area contributed by atoms with Gasteiger partial charge in [-0.25, -0.2) is 0 Å². The molecule has 2 aromatic rings. The van der Waals surface area contributed by atoms with E-state index >= 15 is 0 Å². The molecule has 1 heterocycles. The Morgan fingerprint density at radius 3 is 2.19 bits per heavy atom. The van der Waals surface area contributed by atoms with Crippen molar-refractivity contribution in [2.24, 2.45) is 0 Å². The topological polar surface area (TPSA) is 32.3 Å². The van der Waals surface area contributed by atoms with Gasteiger partial charge in [0.05, 0.1) is 0 Å². The van der Waals surface area contributed by atoms with Crippen LogP contribution in [0.2, 0.25) is 5.02 Å². The second kappa shape index (κ2) is 10.5. The predicted octanol–water partition coefficient (Wildman–Crippen LogP) is 5.08.